The molecule has 1 N–H and O–H groups in total. The Balaban J connectivity index is 1.62. The predicted molar refractivity (Wildman–Crippen MR) is 112 cm³/mol. The third kappa shape index (κ3) is 2.81. The van der Waals surface area contributed by atoms with E-state index in [1.54, 1.807) is 5.01 Å². The van der Waals surface area contributed by atoms with Crippen LogP contribution in [0.3, 0.4) is 0 Å². The van der Waals surface area contributed by atoms with Crippen molar-refractivity contribution in [3.8, 4) is 0 Å². The summed E-state index contributed by atoms with van der Waals surface area (Å²) in [4.78, 5) is 15.7. The molecule has 2 aliphatic rings. The molecule has 0 spiro atoms. The van der Waals surface area contributed by atoms with Crippen molar-refractivity contribution in [3.63, 3.8) is 0 Å². The molecule has 2 atom stereocenters. The van der Waals surface area contributed by atoms with E-state index in [-0.39, 0.29) is 18.1 Å². The normalized spacial score (nSPS) is 20.7. The molecule has 28 heavy (non-hydrogen) atoms. The van der Waals surface area contributed by atoms with Crippen LogP contribution in [-0.4, -0.2) is 17.0 Å². The third-order valence-electron chi connectivity index (χ3n) is 5.51. The number of aryl methyl sites for hydroxylation is 1. The Bertz CT molecular complexity index is 1010. The molecule has 0 saturated carbocycles. The van der Waals surface area contributed by atoms with Crippen LogP contribution >= 0.6 is 11.6 Å². The Morgan fingerprint density at radius 1 is 0.893 bits per heavy atom. The van der Waals surface area contributed by atoms with Gasteiger partial charge in [-0.15, -0.1) is 0 Å². The lowest BCUT2D eigenvalue weighted by atomic mass is 9.96. The minimum Gasteiger partial charge on any atom is -0.333 e. The molecule has 0 aromatic heterocycles. The van der Waals surface area contributed by atoms with Gasteiger partial charge in [0.1, 0.15) is 6.04 Å². The second kappa shape index (κ2) is 6.88. The molecule has 0 bridgehead atoms. The first-order valence-electron chi connectivity index (χ1n) is 9.49. The standard InChI is InChI=1S/C23H20ClN3O/c24-18-13-10-17(11-14-18)22-26-20-9-5-4-6-16(20)12-15-21(26)23(28)27(22)25-19-7-2-1-3-8-19/h1-11,13-14,21-22,25H,12,15H2/t21?,22-/m1/s1. The molecular weight excluding hydrogens is 370 g/mol. The lowest BCUT2D eigenvalue weighted by molar-refractivity contribution is -0.128. The van der Waals surface area contributed by atoms with Gasteiger partial charge in [-0.1, -0.05) is 60.1 Å². The van der Waals surface area contributed by atoms with Crippen LogP contribution in [0.1, 0.15) is 23.7 Å². The first kappa shape index (κ1) is 17.1. The monoisotopic (exact) mass is 389 g/mol. The van der Waals surface area contributed by atoms with Crippen molar-refractivity contribution in [2.24, 2.45) is 0 Å². The van der Waals surface area contributed by atoms with Crippen LogP contribution in [0.5, 0.6) is 0 Å². The summed E-state index contributed by atoms with van der Waals surface area (Å²) >= 11 is 6.12. The molecule has 1 saturated heterocycles. The Morgan fingerprint density at radius 2 is 1.61 bits per heavy atom. The van der Waals surface area contributed by atoms with Gasteiger partial charge in [-0.3, -0.25) is 10.2 Å². The number of nitrogens with zero attached hydrogens (tertiary/aromatic N) is 2. The van der Waals surface area contributed by atoms with E-state index in [1.165, 1.54) is 5.56 Å². The average molecular weight is 390 g/mol. The zero-order chi connectivity index (χ0) is 19.1. The van der Waals surface area contributed by atoms with E-state index in [1.807, 2.05) is 60.7 Å². The lowest BCUT2D eigenvalue weighted by Crippen LogP contribution is -2.38. The largest absolute Gasteiger partial charge is 0.333 e. The second-order valence-electron chi connectivity index (χ2n) is 7.20. The fourth-order valence-electron chi connectivity index (χ4n) is 4.24. The quantitative estimate of drug-likeness (QED) is 0.682. The van der Waals surface area contributed by atoms with E-state index in [2.05, 4.69) is 28.5 Å². The summed E-state index contributed by atoms with van der Waals surface area (Å²) in [5, 5.41) is 2.46. The average Bonchev–Trinajstić information content (AvgIpc) is 3.02. The molecule has 2 aliphatic heterocycles. The number of para-hydroxylation sites is 2. The van der Waals surface area contributed by atoms with Crippen LogP contribution in [0.4, 0.5) is 11.4 Å². The van der Waals surface area contributed by atoms with E-state index >= 15 is 0 Å². The summed E-state index contributed by atoms with van der Waals surface area (Å²) in [5.41, 5.74) is 7.68. The predicted octanol–water partition coefficient (Wildman–Crippen LogP) is 5.03. The number of hydrogen-bond acceptors (Lipinski definition) is 3. The van der Waals surface area contributed by atoms with Crippen molar-refractivity contribution < 1.29 is 4.79 Å². The summed E-state index contributed by atoms with van der Waals surface area (Å²) < 4.78 is 0. The summed E-state index contributed by atoms with van der Waals surface area (Å²) in [5.74, 6) is 0.0957. The maximum Gasteiger partial charge on any atom is 0.265 e. The summed E-state index contributed by atoms with van der Waals surface area (Å²) in [6, 6.07) is 25.8. The van der Waals surface area contributed by atoms with Crippen molar-refractivity contribution in [3.05, 3.63) is 95.0 Å². The fourth-order valence-corrected chi connectivity index (χ4v) is 4.36. The van der Waals surface area contributed by atoms with Gasteiger partial charge >= 0.3 is 0 Å². The number of benzene rings is 3. The number of fused-ring (bicyclic) bond motifs is 3. The van der Waals surface area contributed by atoms with Gasteiger partial charge in [0.15, 0.2) is 6.17 Å². The molecule has 0 aliphatic carbocycles. The van der Waals surface area contributed by atoms with Crippen molar-refractivity contribution in [2.75, 3.05) is 10.3 Å². The number of nitrogens with one attached hydrogen (secondary N) is 1. The van der Waals surface area contributed by atoms with Crippen LogP contribution in [0.2, 0.25) is 5.02 Å². The van der Waals surface area contributed by atoms with Gasteiger partial charge in [-0.2, -0.15) is 0 Å². The molecule has 0 radical (unpaired) electrons. The highest BCUT2D eigenvalue weighted by Gasteiger charge is 2.49. The number of halogens is 1. The minimum atomic E-state index is -0.239. The fraction of sp³-hybridized carbons (Fsp3) is 0.174. The highest BCUT2D eigenvalue weighted by molar-refractivity contribution is 6.30. The molecule has 2 heterocycles. The summed E-state index contributed by atoms with van der Waals surface area (Å²) in [6.07, 6.45) is 1.49. The van der Waals surface area contributed by atoms with Crippen molar-refractivity contribution in [1.82, 2.24) is 5.01 Å². The van der Waals surface area contributed by atoms with E-state index in [9.17, 15) is 4.79 Å². The van der Waals surface area contributed by atoms with E-state index in [4.69, 9.17) is 11.6 Å². The maximum absolute atomic E-state index is 13.4. The summed E-state index contributed by atoms with van der Waals surface area (Å²) in [7, 11) is 0. The SMILES string of the molecule is O=C1C2CCc3ccccc3N2[C@@H](c2ccc(Cl)cc2)N1Nc1ccccc1. The maximum atomic E-state index is 13.4. The first-order valence-corrected chi connectivity index (χ1v) is 9.87. The molecule has 1 fully saturated rings. The highest BCUT2D eigenvalue weighted by Crippen LogP contribution is 2.44. The number of anilines is 2. The zero-order valence-corrected chi connectivity index (χ0v) is 16.0. The summed E-state index contributed by atoms with van der Waals surface area (Å²) in [6.45, 7) is 0. The van der Waals surface area contributed by atoms with Crippen molar-refractivity contribution in [2.45, 2.75) is 25.0 Å². The molecule has 5 rings (SSSR count). The number of rotatable bonds is 3. The molecule has 3 aromatic carbocycles. The van der Waals surface area contributed by atoms with Gasteiger partial charge < -0.3 is 4.90 Å². The van der Waals surface area contributed by atoms with Crippen LogP contribution in [0.25, 0.3) is 0 Å². The van der Waals surface area contributed by atoms with Gasteiger partial charge in [0, 0.05) is 10.7 Å². The molecule has 140 valence electrons. The molecule has 1 amide bonds. The Kier molecular flexibility index (Phi) is 4.21. The minimum absolute atomic E-state index is 0.0957. The Hall–Kier alpha value is -2.98. The number of hydrogen-bond donors (Lipinski definition) is 1. The number of carbonyl (C=O) groups excluding carboxylic acids is 1. The first-order chi connectivity index (χ1) is 13.7. The van der Waals surface area contributed by atoms with E-state index in [0.717, 1.165) is 29.8 Å². The smallest absolute Gasteiger partial charge is 0.265 e. The number of carbonyl (C=O) groups is 1. The third-order valence-corrected chi connectivity index (χ3v) is 5.77. The van der Waals surface area contributed by atoms with Gasteiger partial charge in [0.05, 0.1) is 5.69 Å². The van der Waals surface area contributed by atoms with Gasteiger partial charge in [0.2, 0.25) is 0 Å². The van der Waals surface area contributed by atoms with Gasteiger partial charge in [-0.25, -0.2) is 5.01 Å². The molecule has 4 nitrogen and oxygen atoms in total. The van der Waals surface area contributed by atoms with Crippen LogP contribution in [0.15, 0.2) is 78.9 Å². The van der Waals surface area contributed by atoms with E-state index < -0.39 is 0 Å². The van der Waals surface area contributed by atoms with E-state index in [0.29, 0.717) is 5.02 Å². The zero-order valence-electron chi connectivity index (χ0n) is 15.3. The van der Waals surface area contributed by atoms with Crippen LogP contribution in [0, 0.1) is 0 Å². The van der Waals surface area contributed by atoms with Crippen molar-refractivity contribution in [1.29, 1.82) is 0 Å². The molecule has 3 aromatic rings. The second-order valence-corrected chi connectivity index (χ2v) is 7.64. The Morgan fingerprint density at radius 3 is 2.39 bits per heavy atom. The lowest BCUT2D eigenvalue weighted by Gasteiger charge is -2.37. The van der Waals surface area contributed by atoms with Gasteiger partial charge in [0.25, 0.3) is 5.91 Å². The Labute approximate surface area is 169 Å². The molecular formula is C23H20ClN3O. The van der Waals surface area contributed by atoms with Crippen LogP contribution < -0.4 is 10.3 Å². The number of amides is 1. The highest BCUT2D eigenvalue weighted by atomic mass is 35.5. The van der Waals surface area contributed by atoms with Crippen molar-refractivity contribution >= 4 is 28.9 Å². The number of hydrazine groups is 1. The molecule has 5 heteroatoms. The molecule has 1 unspecified atom stereocenters. The van der Waals surface area contributed by atoms with Crippen LogP contribution in [-0.2, 0) is 11.2 Å². The topological polar surface area (TPSA) is 35.6 Å². The van der Waals surface area contributed by atoms with Gasteiger partial charge in [-0.05, 0) is 54.3 Å².